The second kappa shape index (κ2) is 10.9. The molecule has 0 spiro atoms. The van der Waals surface area contributed by atoms with Gasteiger partial charge in [-0.05, 0) is 53.8 Å². The van der Waals surface area contributed by atoms with E-state index in [1.54, 1.807) is 21.3 Å². The first kappa shape index (κ1) is 25.9. The monoisotopic (exact) mass is 490 g/mol. The maximum absolute atomic E-state index is 13.7. The van der Waals surface area contributed by atoms with E-state index in [0.717, 1.165) is 46.4 Å². The average Bonchev–Trinajstić information content (AvgIpc) is 3.33. The van der Waals surface area contributed by atoms with Crippen molar-refractivity contribution in [2.75, 3.05) is 0 Å². The van der Waals surface area contributed by atoms with Crippen LogP contribution in [-0.4, -0.2) is 24.7 Å². The Labute approximate surface area is 231 Å². The summed E-state index contributed by atoms with van der Waals surface area (Å²) in [7, 11) is 0. The number of carboxylic acids is 1. The average molecular weight is 491 g/mol. The van der Waals surface area contributed by atoms with Gasteiger partial charge in [-0.1, -0.05) is 56.3 Å². The Morgan fingerprint density at radius 3 is 2.17 bits per heavy atom. The Balaban J connectivity index is 0.00000304. The fourth-order valence-corrected chi connectivity index (χ4v) is 4.58. The van der Waals surface area contributed by atoms with Crippen molar-refractivity contribution in [3.05, 3.63) is 100 Å². The summed E-state index contributed by atoms with van der Waals surface area (Å²) in [5, 5.41) is 11.3. The zero-order chi connectivity index (χ0) is 24.5. The molecule has 0 atom stereocenters. The molecule has 5 rings (SSSR count). The predicted molar refractivity (Wildman–Crippen MR) is 134 cm³/mol. The van der Waals surface area contributed by atoms with Crippen LogP contribution in [0.2, 0.25) is 0 Å². The van der Waals surface area contributed by atoms with Gasteiger partial charge in [0.2, 0.25) is 0 Å². The van der Waals surface area contributed by atoms with E-state index in [0.29, 0.717) is 12.5 Å². The first-order valence-corrected chi connectivity index (χ1v) is 11.8. The fourth-order valence-electron chi connectivity index (χ4n) is 4.58. The number of carbonyl (C=O) groups excluding carboxylic acids is 1. The number of aryl methyl sites for hydroxylation is 1. The summed E-state index contributed by atoms with van der Waals surface area (Å²) in [6.07, 6.45) is 1.01. The van der Waals surface area contributed by atoms with E-state index >= 15 is 0 Å². The van der Waals surface area contributed by atoms with Gasteiger partial charge in [-0.15, -0.1) is 0 Å². The van der Waals surface area contributed by atoms with E-state index in [2.05, 4.69) is 24.5 Å². The van der Waals surface area contributed by atoms with Crippen LogP contribution in [-0.2, 0) is 19.6 Å². The molecule has 8 heteroatoms. The SMILES string of the molecule is CC(C)CCn1c(Cn2c(=O)n(Cc3cccc(C(=O)[O-])c3)c3ccccc32)nc2ccccc21.[Na+]. The van der Waals surface area contributed by atoms with Crippen LogP contribution >= 0.6 is 0 Å². The van der Waals surface area contributed by atoms with E-state index in [1.807, 2.05) is 48.5 Å². The topological polar surface area (TPSA) is 84.9 Å². The van der Waals surface area contributed by atoms with Crippen LogP contribution in [0.25, 0.3) is 22.1 Å². The number of para-hydroxylation sites is 4. The summed E-state index contributed by atoms with van der Waals surface area (Å²) in [6, 6.07) is 22.3. The maximum Gasteiger partial charge on any atom is 1.00 e. The maximum atomic E-state index is 13.7. The third-order valence-electron chi connectivity index (χ3n) is 6.39. The molecule has 36 heavy (non-hydrogen) atoms. The van der Waals surface area contributed by atoms with Gasteiger partial charge in [0.15, 0.2) is 0 Å². The molecular formula is C28H27N4NaO3. The number of benzene rings is 3. The molecule has 2 aromatic heterocycles. The number of carbonyl (C=O) groups is 1. The molecule has 0 aliphatic carbocycles. The Morgan fingerprint density at radius 1 is 0.861 bits per heavy atom. The van der Waals surface area contributed by atoms with Crippen molar-refractivity contribution < 1.29 is 39.5 Å². The molecule has 0 fully saturated rings. The number of aromatic nitrogens is 4. The van der Waals surface area contributed by atoms with Gasteiger partial charge in [-0.25, -0.2) is 9.78 Å². The zero-order valence-corrected chi connectivity index (χ0v) is 22.8. The Bertz CT molecular complexity index is 1600. The molecule has 7 nitrogen and oxygen atoms in total. The van der Waals surface area contributed by atoms with Crippen molar-refractivity contribution >= 4 is 28.0 Å². The van der Waals surface area contributed by atoms with Crippen molar-refractivity contribution in [3.8, 4) is 0 Å². The van der Waals surface area contributed by atoms with E-state index in [-0.39, 0.29) is 47.4 Å². The molecule has 0 saturated carbocycles. The number of fused-ring (bicyclic) bond motifs is 2. The first-order chi connectivity index (χ1) is 16.9. The summed E-state index contributed by atoms with van der Waals surface area (Å²) in [4.78, 5) is 29.8. The van der Waals surface area contributed by atoms with Gasteiger partial charge in [0.25, 0.3) is 0 Å². The minimum absolute atomic E-state index is 0. The molecule has 0 saturated heterocycles. The number of carboxylic acid groups (broad SMARTS) is 1. The smallest absolute Gasteiger partial charge is 0.545 e. The van der Waals surface area contributed by atoms with Gasteiger partial charge in [0, 0.05) is 6.54 Å². The normalized spacial score (nSPS) is 11.3. The zero-order valence-electron chi connectivity index (χ0n) is 20.8. The first-order valence-electron chi connectivity index (χ1n) is 11.8. The van der Waals surface area contributed by atoms with Crippen LogP contribution in [0.3, 0.4) is 0 Å². The second-order valence-electron chi connectivity index (χ2n) is 9.28. The van der Waals surface area contributed by atoms with E-state index in [9.17, 15) is 14.7 Å². The van der Waals surface area contributed by atoms with Gasteiger partial charge < -0.3 is 14.5 Å². The van der Waals surface area contributed by atoms with E-state index in [4.69, 9.17) is 4.98 Å². The second-order valence-corrected chi connectivity index (χ2v) is 9.28. The van der Waals surface area contributed by atoms with Crippen molar-refractivity contribution in [1.29, 1.82) is 0 Å². The number of hydrogen-bond acceptors (Lipinski definition) is 4. The molecule has 0 bridgehead atoms. The van der Waals surface area contributed by atoms with E-state index in [1.165, 1.54) is 6.07 Å². The molecule has 0 amide bonds. The molecule has 0 radical (unpaired) electrons. The van der Waals surface area contributed by atoms with Crippen LogP contribution in [0.15, 0.2) is 77.6 Å². The molecule has 3 aromatic carbocycles. The summed E-state index contributed by atoms with van der Waals surface area (Å²) in [5.74, 6) is 0.156. The van der Waals surface area contributed by atoms with Gasteiger partial charge in [-0.3, -0.25) is 9.13 Å². The van der Waals surface area contributed by atoms with Crippen LogP contribution in [0, 0.1) is 5.92 Å². The van der Waals surface area contributed by atoms with Crippen molar-refractivity contribution in [2.45, 2.75) is 39.9 Å². The number of imidazole rings is 2. The number of aromatic carboxylic acids is 1. The molecule has 5 aromatic rings. The quantitative estimate of drug-likeness (QED) is 0.299. The van der Waals surface area contributed by atoms with Gasteiger partial charge in [0.05, 0.1) is 41.1 Å². The molecule has 0 N–H and O–H groups in total. The minimum atomic E-state index is -1.23. The largest absolute Gasteiger partial charge is 1.00 e. The Morgan fingerprint density at radius 2 is 1.50 bits per heavy atom. The molecule has 178 valence electrons. The van der Waals surface area contributed by atoms with Crippen molar-refractivity contribution in [2.24, 2.45) is 5.92 Å². The number of nitrogens with zero attached hydrogens (tertiary/aromatic N) is 4. The molecular weight excluding hydrogens is 463 g/mol. The van der Waals surface area contributed by atoms with Crippen molar-refractivity contribution in [3.63, 3.8) is 0 Å². The summed E-state index contributed by atoms with van der Waals surface area (Å²) in [5.41, 5.74) is 4.25. The standard InChI is InChI=1S/C28H28N4O3.Na/c1-19(2)14-15-30-23-11-4-3-10-22(23)29-26(30)18-32-25-13-6-5-12-24(25)31(28(32)35)17-20-8-7-9-21(16-20)27(33)34;/h3-13,16,19H,14-15,17-18H2,1-2H3,(H,33,34);/q;+1/p-1. The van der Waals surface area contributed by atoms with Crippen LogP contribution in [0.5, 0.6) is 0 Å². The Hall–Kier alpha value is -3.13. The van der Waals surface area contributed by atoms with Crippen LogP contribution in [0.4, 0.5) is 0 Å². The molecule has 0 unspecified atom stereocenters. The van der Waals surface area contributed by atoms with Gasteiger partial charge in [-0.2, -0.15) is 0 Å². The minimum Gasteiger partial charge on any atom is -0.545 e. The summed E-state index contributed by atoms with van der Waals surface area (Å²) >= 11 is 0. The van der Waals surface area contributed by atoms with Gasteiger partial charge in [0.1, 0.15) is 5.82 Å². The molecule has 2 heterocycles. The Kier molecular flexibility index (Phi) is 7.83. The van der Waals surface area contributed by atoms with Gasteiger partial charge >= 0.3 is 35.2 Å². The third-order valence-corrected chi connectivity index (χ3v) is 6.39. The fraction of sp³-hybridized carbons (Fsp3) is 0.250. The summed E-state index contributed by atoms with van der Waals surface area (Å²) < 4.78 is 5.66. The van der Waals surface area contributed by atoms with E-state index < -0.39 is 5.97 Å². The van der Waals surface area contributed by atoms with Crippen molar-refractivity contribution in [1.82, 2.24) is 18.7 Å². The van der Waals surface area contributed by atoms with Crippen LogP contribution in [0.1, 0.15) is 42.0 Å². The number of rotatable bonds is 8. The summed E-state index contributed by atoms with van der Waals surface area (Å²) in [6.45, 7) is 5.84. The molecule has 0 aliphatic heterocycles. The third kappa shape index (κ3) is 5.05. The van der Waals surface area contributed by atoms with Crippen LogP contribution < -0.4 is 40.4 Å². The molecule has 0 aliphatic rings. The predicted octanol–water partition coefficient (Wildman–Crippen LogP) is 0.663. The number of hydrogen-bond donors (Lipinski definition) is 0.